The Morgan fingerprint density at radius 3 is 2.31 bits per heavy atom. The molecule has 0 aromatic heterocycles. The second-order valence-corrected chi connectivity index (χ2v) is 8.32. The van der Waals surface area contributed by atoms with Crippen molar-refractivity contribution in [2.24, 2.45) is 0 Å². The number of hydrogen-bond acceptors (Lipinski definition) is 3. The van der Waals surface area contributed by atoms with Crippen LogP contribution in [0.4, 0.5) is 5.69 Å². The van der Waals surface area contributed by atoms with Crippen LogP contribution in [0.1, 0.15) is 35.3 Å². The van der Waals surface area contributed by atoms with E-state index >= 15 is 0 Å². The van der Waals surface area contributed by atoms with Crippen molar-refractivity contribution < 1.29 is 13.2 Å². The monoisotopic (exact) mass is 394 g/mol. The lowest BCUT2D eigenvalue weighted by Gasteiger charge is -2.20. The predicted molar refractivity (Wildman–Crippen MR) is 105 cm³/mol. The largest absolute Gasteiger partial charge is 0.322 e. The zero-order valence-corrected chi connectivity index (χ0v) is 16.9. The average molecular weight is 395 g/mol. The normalized spacial score (nSPS) is 11.6. The summed E-state index contributed by atoms with van der Waals surface area (Å²) < 4.78 is 26.8. The molecule has 0 aliphatic carbocycles. The second-order valence-electron chi connectivity index (χ2n) is 6.01. The van der Waals surface area contributed by atoms with E-state index in [0.717, 1.165) is 11.1 Å². The van der Waals surface area contributed by atoms with Gasteiger partial charge in [0, 0.05) is 24.3 Å². The van der Waals surface area contributed by atoms with Gasteiger partial charge in [-0.3, -0.25) is 4.79 Å². The molecule has 0 bridgehead atoms. The highest BCUT2D eigenvalue weighted by Crippen LogP contribution is 2.28. The molecular formula is C19H23ClN2O3S. The number of benzene rings is 2. The summed E-state index contributed by atoms with van der Waals surface area (Å²) in [7, 11) is -3.72. The molecule has 0 heterocycles. The van der Waals surface area contributed by atoms with Crippen LogP contribution in [-0.4, -0.2) is 31.7 Å². The van der Waals surface area contributed by atoms with E-state index < -0.39 is 10.0 Å². The molecular weight excluding hydrogens is 372 g/mol. The third kappa shape index (κ3) is 4.26. The molecule has 1 amide bonds. The quantitative estimate of drug-likeness (QED) is 0.796. The Kier molecular flexibility index (Phi) is 6.44. The summed E-state index contributed by atoms with van der Waals surface area (Å²) in [5, 5.41) is 2.88. The van der Waals surface area contributed by atoms with Crippen molar-refractivity contribution in [3.63, 3.8) is 0 Å². The van der Waals surface area contributed by atoms with E-state index in [1.807, 2.05) is 26.0 Å². The third-order valence-corrected chi connectivity index (χ3v) is 6.67. The number of carbonyl (C=O) groups excluding carboxylic acids is 1. The van der Waals surface area contributed by atoms with Crippen LogP contribution >= 0.6 is 11.6 Å². The number of carbonyl (C=O) groups is 1. The van der Waals surface area contributed by atoms with Gasteiger partial charge in [0.1, 0.15) is 4.90 Å². The highest BCUT2D eigenvalue weighted by atomic mass is 35.5. The Hall–Kier alpha value is -1.89. The number of nitrogens with zero attached hydrogens (tertiary/aromatic N) is 1. The molecule has 0 radical (unpaired) electrons. The van der Waals surface area contributed by atoms with Crippen LogP contribution in [0.3, 0.4) is 0 Å². The minimum absolute atomic E-state index is 0.0127. The van der Waals surface area contributed by atoms with Crippen molar-refractivity contribution in [1.82, 2.24) is 4.31 Å². The average Bonchev–Trinajstić information content (AvgIpc) is 2.57. The molecule has 0 saturated heterocycles. The van der Waals surface area contributed by atoms with Crippen LogP contribution in [0, 0.1) is 13.8 Å². The van der Waals surface area contributed by atoms with Crippen molar-refractivity contribution in [3.05, 3.63) is 58.1 Å². The summed E-state index contributed by atoms with van der Waals surface area (Å²) in [4.78, 5) is 12.5. The lowest BCUT2D eigenvalue weighted by atomic mass is 10.1. The maximum absolute atomic E-state index is 12.7. The van der Waals surface area contributed by atoms with Crippen LogP contribution in [0.2, 0.25) is 5.02 Å². The Morgan fingerprint density at radius 2 is 1.73 bits per heavy atom. The molecule has 2 aromatic rings. The van der Waals surface area contributed by atoms with E-state index in [1.54, 1.807) is 26.0 Å². The van der Waals surface area contributed by atoms with Gasteiger partial charge in [-0.2, -0.15) is 4.31 Å². The zero-order chi connectivity index (χ0) is 19.5. The van der Waals surface area contributed by atoms with Crippen molar-refractivity contribution in [2.45, 2.75) is 32.6 Å². The number of sulfonamides is 1. The van der Waals surface area contributed by atoms with Crippen molar-refractivity contribution in [2.75, 3.05) is 18.4 Å². The molecule has 0 unspecified atom stereocenters. The molecule has 0 fully saturated rings. The molecule has 5 nitrogen and oxygen atoms in total. The summed E-state index contributed by atoms with van der Waals surface area (Å²) in [6.07, 6.45) is 0. The number of hydrogen-bond donors (Lipinski definition) is 1. The summed E-state index contributed by atoms with van der Waals surface area (Å²) in [6.45, 7) is 8.03. The third-order valence-electron chi connectivity index (χ3n) is 4.14. The van der Waals surface area contributed by atoms with Gasteiger partial charge in [-0.15, -0.1) is 0 Å². The minimum Gasteiger partial charge on any atom is -0.322 e. The van der Waals surface area contributed by atoms with Gasteiger partial charge in [0.15, 0.2) is 0 Å². The Morgan fingerprint density at radius 1 is 1.08 bits per heavy atom. The van der Waals surface area contributed by atoms with Gasteiger partial charge in [-0.25, -0.2) is 8.42 Å². The predicted octanol–water partition coefficient (Wildman–Crippen LogP) is 4.24. The standard InChI is InChI=1S/C19H23ClN2O3S/c1-5-22(6-2)26(24,25)18-12-15(8-10-17(18)20)21-19(23)16-9-7-13(3)11-14(16)4/h7-12H,5-6H2,1-4H3,(H,21,23). The fraction of sp³-hybridized carbons (Fsp3) is 0.316. The van der Waals surface area contributed by atoms with E-state index in [1.165, 1.54) is 16.4 Å². The number of nitrogens with one attached hydrogen (secondary N) is 1. The van der Waals surface area contributed by atoms with Gasteiger partial charge in [-0.1, -0.05) is 43.1 Å². The summed E-state index contributed by atoms with van der Waals surface area (Å²) in [6, 6.07) is 10.0. The van der Waals surface area contributed by atoms with Crippen LogP contribution < -0.4 is 5.32 Å². The first kappa shape index (κ1) is 20.4. The maximum Gasteiger partial charge on any atom is 0.255 e. The topological polar surface area (TPSA) is 66.5 Å². The Balaban J connectivity index is 2.36. The molecule has 0 aliphatic rings. The number of halogens is 1. The van der Waals surface area contributed by atoms with Crippen LogP contribution in [0.15, 0.2) is 41.3 Å². The van der Waals surface area contributed by atoms with Crippen LogP contribution in [-0.2, 0) is 10.0 Å². The number of anilines is 1. The first-order chi connectivity index (χ1) is 12.2. The lowest BCUT2D eigenvalue weighted by molar-refractivity contribution is 0.102. The minimum atomic E-state index is -3.72. The van der Waals surface area contributed by atoms with E-state index in [0.29, 0.717) is 24.3 Å². The van der Waals surface area contributed by atoms with Gasteiger partial charge < -0.3 is 5.32 Å². The first-order valence-corrected chi connectivity index (χ1v) is 10.2. The molecule has 2 aromatic carbocycles. The summed E-state index contributed by atoms with van der Waals surface area (Å²) >= 11 is 6.12. The fourth-order valence-corrected chi connectivity index (χ4v) is 4.71. The Labute approximate surface area is 160 Å². The second kappa shape index (κ2) is 8.20. The van der Waals surface area contributed by atoms with Crippen LogP contribution in [0.5, 0.6) is 0 Å². The van der Waals surface area contributed by atoms with Crippen molar-refractivity contribution >= 4 is 33.2 Å². The highest BCUT2D eigenvalue weighted by molar-refractivity contribution is 7.89. The Bertz CT molecular complexity index is 922. The van der Waals surface area contributed by atoms with Gasteiger partial charge >= 0.3 is 0 Å². The lowest BCUT2D eigenvalue weighted by Crippen LogP contribution is -2.30. The molecule has 0 spiro atoms. The number of amides is 1. The van der Waals surface area contributed by atoms with E-state index in [9.17, 15) is 13.2 Å². The first-order valence-electron chi connectivity index (χ1n) is 8.39. The molecule has 26 heavy (non-hydrogen) atoms. The molecule has 2 rings (SSSR count). The van der Waals surface area contributed by atoms with Crippen molar-refractivity contribution in [3.8, 4) is 0 Å². The number of aryl methyl sites for hydroxylation is 2. The summed E-state index contributed by atoms with van der Waals surface area (Å²) in [5.41, 5.74) is 2.84. The van der Waals surface area contributed by atoms with Crippen LogP contribution in [0.25, 0.3) is 0 Å². The summed E-state index contributed by atoms with van der Waals surface area (Å²) in [5.74, 6) is -0.295. The molecule has 0 atom stereocenters. The number of rotatable bonds is 6. The zero-order valence-electron chi connectivity index (χ0n) is 15.3. The smallest absolute Gasteiger partial charge is 0.255 e. The van der Waals surface area contributed by atoms with Gasteiger partial charge in [0.2, 0.25) is 10.0 Å². The van der Waals surface area contributed by atoms with Crippen molar-refractivity contribution in [1.29, 1.82) is 0 Å². The van der Waals surface area contributed by atoms with E-state index in [-0.39, 0.29) is 15.8 Å². The highest BCUT2D eigenvalue weighted by Gasteiger charge is 2.25. The fourth-order valence-electron chi connectivity index (χ4n) is 2.75. The molecule has 7 heteroatoms. The SMILES string of the molecule is CCN(CC)S(=O)(=O)c1cc(NC(=O)c2ccc(C)cc2C)ccc1Cl. The maximum atomic E-state index is 12.7. The van der Waals surface area contributed by atoms with Gasteiger partial charge in [0.25, 0.3) is 5.91 Å². The van der Waals surface area contributed by atoms with E-state index in [2.05, 4.69) is 5.32 Å². The molecule has 0 aliphatic heterocycles. The molecule has 0 saturated carbocycles. The van der Waals surface area contributed by atoms with E-state index in [4.69, 9.17) is 11.6 Å². The molecule has 1 N–H and O–H groups in total. The van der Waals surface area contributed by atoms with Gasteiger partial charge in [0.05, 0.1) is 5.02 Å². The van der Waals surface area contributed by atoms with Gasteiger partial charge in [-0.05, 0) is 43.7 Å². The molecule has 140 valence electrons.